The van der Waals surface area contributed by atoms with Crippen LogP contribution in [0.1, 0.15) is 12.5 Å². The molecule has 34 heavy (non-hydrogen) atoms. The maximum atomic E-state index is 10.9. The molecule has 182 valence electrons. The summed E-state index contributed by atoms with van der Waals surface area (Å²) in [6.07, 6.45) is 1.70. The van der Waals surface area contributed by atoms with Crippen molar-refractivity contribution in [3.63, 3.8) is 0 Å². The standard InChI is InChI=1S/C12H10BrNO.C8H10AsNO5.C2H4O2/c13-12-7-6-11(8-14-12)15-9-10-4-2-1-3-5-10;1-5(11)10-6-2-3-7(8(12)4-6)9(13,14)15;1-4-2-3/h1-8H,9H2;2-4,12H,1H3,(H,10,11)(H2,13,14,15);2H,1H3. The van der Waals surface area contributed by atoms with Crippen LogP contribution in [-0.2, 0) is 24.7 Å². The van der Waals surface area contributed by atoms with Gasteiger partial charge in [0.1, 0.15) is 17.0 Å². The minimum atomic E-state index is -5.09. The number of carbonyl (C=O) groups excluding carboxylic acids is 2. The first-order valence-corrected chi connectivity index (χ1v) is 13.7. The molecule has 1 heterocycles. The normalized spacial score (nSPS) is 9.91. The van der Waals surface area contributed by atoms with Crippen molar-refractivity contribution >= 4 is 52.5 Å². The number of benzene rings is 2. The second-order valence-electron chi connectivity index (χ2n) is 6.35. The molecule has 0 fully saturated rings. The number of aromatic hydroxyl groups is 1. The molecule has 1 aromatic heterocycles. The first kappa shape index (κ1) is 28.9. The number of ether oxygens (including phenoxy) is 2. The second kappa shape index (κ2) is 14.9. The van der Waals surface area contributed by atoms with E-state index in [2.05, 4.69) is 31.0 Å². The fourth-order valence-corrected chi connectivity index (χ4v) is 3.80. The predicted octanol–water partition coefficient (Wildman–Crippen LogP) is 2.12. The zero-order chi connectivity index (χ0) is 25.6. The molecule has 3 rings (SSSR count). The van der Waals surface area contributed by atoms with Gasteiger partial charge < -0.3 is 9.47 Å². The van der Waals surface area contributed by atoms with Gasteiger partial charge in [-0.1, -0.05) is 30.3 Å². The van der Waals surface area contributed by atoms with Gasteiger partial charge in [-0.15, -0.1) is 0 Å². The number of methoxy groups -OCH3 is 1. The van der Waals surface area contributed by atoms with Crippen molar-refractivity contribution in [2.24, 2.45) is 0 Å². The van der Waals surface area contributed by atoms with Crippen LogP contribution in [0.25, 0.3) is 0 Å². The van der Waals surface area contributed by atoms with E-state index in [4.69, 9.17) is 17.7 Å². The van der Waals surface area contributed by atoms with Crippen LogP contribution < -0.4 is 14.4 Å². The number of nitrogens with zero attached hydrogens (tertiary/aromatic N) is 1. The molecule has 2 aromatic carbocycles. The molecule has 0 radical (unpaired) electrons. The van der Waals surface area contributed by atoms with Crippen LogP contribution in [0.5, 0.6) is 11.5 Å². The van der Waals surface area contributed by atoms with Crippen molar-refractivity contribution in [1.82, 2.24) is 4.98 Å². The molecule has 10 nitrogen and oxygen atoms in total. The van der Waals surface area contributed by atoms with Gasteiger partial charge in [0.15, 0.2) is 0 Å². The first-order chi connectivity index (χ1) is 16.1. The predicted molar refractivity (Wildman–Crippen MR) is 129 cm³/mol. The first-order valence-electron chi connectivity index (χ1n) is 9.48. The number of amides is 1. The van der Waals surface area contributed by atoms with E-state index in [1.165, 1.54) is 20.1 Å². The molecule has 4 N–H and O–H groups in total. The van der Waals surface area contributed by atoms with Crippen molar-refractivity contribution in [3.05, 3.63) is 77.0 Å². The summed E-state index contributed by atoms with van der Waals surface area (Å²) in [6, 6.07) is 17.3. The van der Waals surface area contributed by atoms with E-state index in [1.54, 1.807) is 6.20 Å². The van der Waals surface area contributed by atoms with Gasteiger partial charge in [-0.3, -0.25) is 4.79 Å². The topological polar surface area (TPSA) is 155 Å². The Balaban J connectivity index is 0.000000294. The quantitative estimate of drug-likeness (QED) is 0.190. The van der Waals surface area contributed by atoms with Gasteiger partial charge in [-0.25, -0.2) is 4.98 Å². The van der Waals surface area contributed by atoms with Crippen LogP contribution >= 0.6 is 15.9 Å². The van der Waals surface area contributed by atoms with Crippen molar-refractivity contribution < 1.29 is 36.1 Å². The number of rotatable bonds is 6. The van der Waals surface area contributed by atoms with Gasteiger partial charge in [-0.05, 0) is 33.6 Å². The Morgan fingerprint density at radius 1 is 1.15 bits per heavy atom. The Hall–Kier alpha value is -3.11. The van der Waals surface area contributed by atoms with Crippen LogP contribution in [0.15, 0.2) is 71.5 Å². The summed E-state index contributed by atoms with van der Waals surface area (Å²) >= 11 is -1.81. The third-order valence-corrected chi connectivity index (χ3v) is 6.23. The molecule has 0 aliphatic rings. The van der Waals surface area contributed by atoms with Crippen LogP contribution in [0.2, 0.25) is 0 Å². The van der Waals surface area contributed by atoms with Crippen molar-refractivity contribution in [1.29, 1.82) is 0 Å². The van der Waals surface area contributed by atoms with E-state index < -0.39 is 24.3 Å². The maximum absolute atomic E-state index is 10.9. The molecule has 0 aliphatic carbocycles. The van der Waals surface area contributed by atoms with Crippen molar-refractivity contribution in [2.75, 3.05) is 12.4 Å². The summed E-state index contributed by atoms with van der Waals surface area (Å²) in [7, 11) is 1.31. The maximum Gasteiger partial charge on any atom is 0.292 e. The summed E-state index contributed by atoms with van der Waals surface area (Å²) in [5, 5.41) is 11.7. The second-order valence-corrected chi connectivity index (χ2v) is 10.5. The number of pyridine rings is 1. The Morgan fingerprint density at radius 3 is 2.26 bits per heavy atom. The van der Waals surface area contributed by atoms with Crippen LogP contribution in [-0.4, -0.2) is 51.9 Å². The molecule has 12 heteroatoms. The van der Waals surface area contributed by atoms with E-state index >= 15 is 0 Å². The average Bonchev–Trinajstić information content (AvgIpc) is 2.79. The van der Waals surface area contributed by atoms with E-state index in [1.807, 2.05) is 42.5 Å². The van der Waals surface area contributed by atoms with E-state index in [-0.39, 0.29) is 11.6 Å². The molecule has 3 aromatic rings. The summed E-state index contributed by atoms with van der Waals surface area (Å²) in [6.45, 7) is 2.24. The molecular formula is C22H24AsBrN2O8. The van der Waals surface area contributed by atoms with E-state index in [0.29, 0.717) is 13.1 Å². The SMILES string of the molecule is Brc1ccc(OCc2ccccc2)cn1.CC(=O)Nc1ccc([As](=O)(O)O)c(O)c1.COC=O. The van der Waals surface area contributed by atoms with E-state index in [9.17, 15) is 13.6 Å². The number of anilines is 1. The summed E-state index contributed by atoms with van der Waals surface area (Å²) in [5.41, 5.74) is 1.44. The summed E-state index contributed by atoms with van der Waals surface area (Å²) in [4.78, 5) is 23.7. The summed E-state index contributed by atoms with van der Waals surface area (Å²) in [5.74, 6) is -0.0699. The summed E-state index contributed by atoms with van der Waals surface area (Å²) < 4.78 is 38.5. The minimum absolute atomic E-state index is 0.285. The monoisotopic (exact) mass is 598 g/mol. The van der Waals surface area contributed by atoms with E-state index in [0.717, 1.165) is 28.0 Å². The average molecular weight is 599 g/mol. The zero-order valence-corrected chi connectivity index (χ0v) is 21.8. The minimum Gasteiger partial charge on any atom is -0.471 e. The zero-order valence-electron chi connectivity index (χ0n) is 18.3. The van der Waals surface area contributed by atoms with Gasteiger partial charge in [0, 0.05) is 0 Å². The Bertz CT molecular complexity index is 1090. The van der Waals surface area contributed by atoms with Gasteiger partial charge >= 0.3 is 88.1 Å². The smallest absolute Gasteiger partial charge is 0.292 e. The van der Waals surface area contributed by atoms with Gasteiger partial charge in [0.25, 0.3) is 6.47 Å². The van der Waals surface area contributed by atoms with Crippen LogP contribution in [0, 0.1) is 0 Å². The number of halogens is 1. The number of hydrogen-bond donors (Lipinski definition) is 4. The largest absolute Gasteiger partial charge is 0.471 e. The van der Waals surface area contributed by atoms with Crippen LogP contribution in [0.4, 0.5) is 5.69 Å². The Kier molecular flexibility index (Phi) is 12.7. The van der Waals surface area contributed by atoms with Gasteiger partial charge in [-0.2, -0.15) is 0 Å². The fourth-order valence-electron chi connectivity index (χ4n) is 2.24. The van der Waals surface area contributed by atoms with Crippen molar-refractivity contribution in [3.8, 4) is 11.5 Å². The Morgan fingerprint density at radius 2 is 1.79 bits per heavy atom. The molecule has 0 bridgehead atoms. The molecule has 0 unspecified atom stereocenters. The number of hydrogen-bond acceptors (Lipinski definition) is 7. The molecule has 1 amide bonds. The van der Waals surface area contributed by atoms with Crippen LogP contribution in [0.3, 0.4) is 0 Å². The molecule has 0 atom stereocenters. The number of phenols is 1. The molecular weight excluding hydrogens is 575 g/mol. The van der Waals surface area contributed by atoms with Crippen molar-refractivity contribution in [2.45, 2.75) is 13.5 Å². The molecule has 0 spiro atoms. The third-order valence-electron chi connectivity index (χ3n) is 3.65. The molecule has 0 saturated heterocycles. The number of phenolic OH excluding ortho intramolecular Hbond substituents is 1. The number of carbonyl (C=O) groups is 2. The molecule has 0 saturated carbocycles. The van der Waals surface area contributed by atoms with Gasteiger partial charge in [0.05, 0.1) is 13.3 Å². The fraction of sp³-hybridized carbons (Fsp3) is 0.136. The Labute approximate surface area is 207 Å². The molecule has 0 aliphatic heterocycles. The number of nitrogens with one attached hydrogen (secondary N) is 1. The third kappa shape index (κ3) is 11.7. The van der Waals surface area contributed by atoms with Gasteiger partial charge in [0.2, 0.25) is 0 Å². The number of aromatic nitrogens is 1.